The second-order valence-corrected chi connectivity index (χ2v) is 14.0. The summed E-state index contributed by atoms with van der Waals surface area (Å²) in [6, 6.07) is 0. The van der Waals surface area contributed by atoms with Gasteiger partial charge < -0.3 is 24.6 Å². The number of aliphatic hydroxyl groups is 2. The third-order valence-corrected chi connectivity index (χ3v) is 8.39. The topological polar surface area (TPSA) is 149 Å². The number of hydrogen-bond acceptors (Lipinski definition) is 9. The molecule has 55 heavy (non-hydrogen) atoms. The molecule has 0 aliphatic heterocycles. The van der Waals surface area contributed by atoms with Crippen LogP contribution in [-0.2, 0) is 32.7 Å². The molecule has 0 fully saturated rings. The van der Waals surface area contributed by atoms with Crippen molar-refractivity contribution in [3.63, 3.8) is 0 Å². The van der Waals surface area contributed by atoms with Gasteiger partial charge in [-0.15, -0.1) is 0 Å². The Balaban J connectivity index is 4.55. The summed E-state index contributed by atoms with van der Waals surface area (Å²) in [6.07, 6.45) is 47.9. The molecule has 0 aromatic rings. The molecule has 0 amide bonds. The lowest BCUT2D eigenvalue weighted by Crippen LogP contribution is -2.29. The molecule has 0 spiro atoms. The van der Waals surface area contributed by atoms with E-state index in [1.54, 1.807) is 0 Å². The van der Waals surface area contributed by atoms with E-state index in [9.17, 15) is 24.2 Å². The first-order valence-electron chi connectivity index (χ1n) is 19.8. The van der Waals surface area contributed by atoms with Crippen molar-refractivity contribution >= 4 is 19.8 Å². The largest absolute Gasteiger partial charge is 0.472 e. The summed E-state index contributed by atoms with van der Waals surface area (Å²) in [7, 11) is -4.65. The Hall–Kier alpha value is -3.37. The highest BCUT2D eigenvalue weighted by molar-refractivity contribution is 7.47. The van der Waals surface area contributed by atoms with E-state index in [0.29, 0.717) is 12.8 Å². The van der Waals surface area contributed by atoms with Gasteiger partial charge in [0.25, 0.3) is 0 Å². The molecule has 0 aliphatic rings. The van der Waals surface area contributed by atoms with E-state index in [2.05, 4.69) is 116 Å². The predicted molar refractivity (Wildman–Crippen MR) is 223 cm³/mol. The van der Waals surface area contributed by atoms with Gasteiger partial charge in [-0.25, -0.2) is 4.57 Å². The minimum atomic E-state index is -4.65. The van der Waals surface area contributed by atoms with Gasteiger partial charge in [0.2, 0.25) is 0 Å². The first-order chi connectivity index (χ1) is 26.7. The highest BCUT2D eigenvalue weighted by atomic mass is 31.2. The highest BCUT2D eigenvalue weighted by Gasteiger charge is 2.27. The molecule has 0 bridgehead atoms. The fourth-order valence-corrected chi connectivity index (χ4v) is 5.23. The normalized spacial score (nSPS) is 15.1. The van der Waals surface area contributed by atoms with Crippen molar-refractivity contribution in [3.8, 4) is 0 Å². The molecule has 0 saturated heterocycles. The molecular weight excluding hydrogens is 719 g/mol. The maximum Gasteiger partial charge on any atom is 0.472 e. The molecule has 3 atom stereocenters. The van der Waals surface area contributed by atoms with Crippen molar-refractivity contribution in [2.75, 3.05) is 26.4 Å². The van der Waals surface area contributed by atoms with Gasteiger partial charge in [-0.2, -0.15) is 0 Å². The lowest BCUT2D eigenvalue weighted by atomic mass is 10.1. The molecule has 0 aliphatic carbocycles. The molecule has 0 rings (SSSR count). The zero-order valence-corrected chi connectivity index (χ0v) is 34.2. The Labute approximate surface area is 331 Å². The average Bonchev–Trinajstić information content (AvgIpc) is 3.17. The maximum atomic E-state index is 12.5. The van der Waals surface area contributed by atoms with E-state index in [4.69, 9.17) is 19.1 Å². The van der Waals surface area contributed by atoms with Gasteiger partial charge in [-0.3, -0.25) is 18.6 Å². The number of ether oxygens (including phenoxy) is 2. The standard InChI is InChI=1S/C44H69O10P/c1-3-5-7-9-11-13-15-17-18-19-20-21-22-24-26-28-30-32-34-36-44(48)54-42(40-53-55(49,50)52-38-41(46)37-45)39-51-43(47)35-33-31-29-27-25-23-16-14-12-10-8-6-4-2/h5-8,11-14,17-18,20-21,23-26,30,32,41-42,45-46H,3-4,9-10,15-16,19,22,27-29,31,33-40H2,1-2H3,(H,49,50)/b7-5-,8-6-,13-11-,14-12-,18-17-,21-20-,25-23-,26-24-,32-30-. The van der Waals surface area contributed by atoms with Crippen LogP contribution in [0.4, 0.5) is 0 Å². The van der Waals surface area contributed by atoms with Gasteiger partial charge in [-0.1, -0.05) is 130 Å². The predicted octanol–water partition coefficient (Wildman–Crippen LogP) is 10.2. The second-order valence-electron chi connectivity index (χ2n) is 12.5. The van der Waals surface area contributed by atoms with Gasteiger partial charge in [0, 0.05) is 12.8 Å². The van der Waals surface area contributed by atoms with Crippen LogP contribution in [0.1, 0.15) is 117 Å². The molecule has 3 N–H and O–H groups in total. The van der Waals surface area contributed by atoms with Crippen LogP contribution in [0.5, 0.6) is 0 Å². The van der Waals surface area contributed by atoms with Gasteiger partial charge >= 0.3 is 19.8 Å². The Morgan fingerprint density at radius 2 is 0.982 bits per heavy atom. The van der Waals surface area contributed by atoms with Gasteiger partial charge in [0.15, 0.2) is 6.10 Å². The van der Waals surface area contributed by atoms with Crippen LogP contribution >= 0.6 is 7.82 Å². The molecule has 0 heterocycles. The van der Waals surface area contributed by atoms with E-state index >= 15 is 0 Å². The number of carbonyl (C=O) groups is 2. The van der Waals surface area contributed by atoms with E-state index in [-0.39, 0.29) is 19.4 Å². The molecule has 0 aromatic carbocycles. The molecule has 10 nitrogen and oxygen atoms in total. The summed E-state index contributed by atoms with van der Waals surface area (Å²) in [5.74, 6) is -1.07. The van der Waals surface area contributed by atoms with Crippen LogP contribution in [0.15, 0.2) is 109 Å². The number of hydrogen-bond donors (Lipinski definition) is 3. The number of rotatable bonds is 35. The Morgan fingerprint density at radius 1 is 0.545 bits per heavy atom. The number of carbonyl (C=O) groups excluding carboxylic acids is 2. The summed E-state index contributed by atoms with van der Waals surface area (Å²) in [5.41, 5.74) is 0. The lowest BCUT2D eigenvalue weighted by molar-refractivity contribution is -0.161. The highest BCUT2D eigenvalue weighted by Crippen LogP contribution is 2.43. The fourth-order valence-electron chi connectivity index (χ4n) is 4.44. The number of phosphoric ester groups is 1. The number of esters is 2. The van der Waals surface area contributed by atoms with E-state index in [1.165, 1.54) is 0 Å². The molecule has 0 aromatic heterocycles. The SMILES string of the molecule is CC/C=C\C/C=C\C/C=C\C/C=C\C/C=C\C/C=C\CCC(=O)OC(COC(=O)CCCCC/C=C\C/C=C\C/C=C\CC)COP(=O)(O)OCC(O)CO. The first kappa shape index (κ1) is 51.6. The van der Waals surface area contributed by atoms with Crippen molar-refractivity contribution in [1.29, 1.82) is 0 Å². The van der Waals surface area contributed by atoms with Crippen LogP contribution in [0.25, 0.3) is 0 Å². The molecular formula is C44H69O10P. The van der Waals surface area contributed by atoms with Crippen LogP contribution in [0, 0.1) is 0 Å². The van der Waals surface area contributed by atoms with Crippen molar-refractivity contribution in [3.05, 3.63) is 109 Å². The lowest BCUT2D eigenvalue weighted by Gasteiger charge is -2.20. The summed E-state index contributed by atoms with van der Waals surface area (Å²) < 4.78 is 32.5. The molecule has 310 valence electrons. The van der Waals surface area contributed by atoms with Gasteiger partial charge in [0.1, 0.15) is 12.7 Å². The third kappa shape index (κ3) is 38.7. The van der Waals surface area contributed by atoms with E-state index in [0.717, 1.165) is 77.0 Å². The average molecular weight is 789 g/mol. The monoisotopic (exact) mass is 788 g/mol. The summed E-state index contributed by atoms with van der Waals surface area (Å²) in [5, 5.41) is 18.3. The van der Waals surface area contributed by atoms with Crippen LogP contribution in [-0.4, -0.2) is 65.7 Å². The Bertz CT molecular complexity index is 1270. The summed E-state index contributed by atoms with van der Waals surface area (Å²) in [6.45, 7) is 1.99. The Kier molecular flexibility index (Phi) is 36.5. The van der Waals surface area contributed by atoms with E-state index in [1.807, 2.05) is 12.2 Å². The van der Waals surface area contributed by atoms with Gasteiger partial charge in [0.05, 0.1) is 19.8 Å². The minimum absolute atomic E-state index is 0.0453. The smallest absolute Gasteiger partial charge is 0.462 e. The minimum Gasteiger partial charge on any atom is -0.462 e. The van der Waals surface area contributed by atoms with Crippen LogP contribution in [0.3, 0.4) is 0 Å². The Morgan fingerprint density at radius 3 is 1.45 bits per heavy atom. The number of aliphatic hydroxyl groups excluding tert-OH is 2. The first-order valence-corrected chi connectivity index (χ1v) is 21.3. The molecule has 0 radical (unpaired) electrons. The van der Waals surface area contributed by atoms with Crippen LogP contribution < -0.4 is 0 Å². The summed E-state index contributed by atoms with van der Waals surface area (Å²) in [4.78, 5) is 34.8. The van der Waals surface area contributed by atoms with Crippen molar-refractivity contribution in [2.24, 2.45) is 0 Å². The van der Waals surface area contributed by atoms with Crippen molar-refractivity contribution < 1.29 is 47.8 Å². The zero-order chi connectivity index (χ0) is 40.5. The molecule has 11 heteroatoms. The van der Waals surface area contributed by atoms with E-state index < -0.39 is 51.8 Å². The van der Waals surface area contributed by atoms with Crippen molar-refractivity contribution in [1.82, 2.24) is 0 Å². The van der Waals surface area contributed by atoms with Gasteiger partial charge in [-0.05, 0) is 83.5 Å². The second kappa shape index (κ2) is 38.9. The fraction of sp³-hybridized carbons (Fsp3) is 0.545. The van der Waals surface area contributed by atoms with Crippen LogP contribution in [0.2, 0.25) is 0 Å². The quantitative estimate of drug-likeness (QED) is 0.0245. The maximum absolute atomic E-state index is 12.5. The molecule has 3 unspecified atom stereocenters. The number of unbranched alkanes of at least 4 members (excludes halogenated alkanes) is 3. The third-order valence-electron chi connectivity index (χ3n) is 7.44. The molecule has 0 saturated carbocycles. The number of allylic oxidation sites excluding steroid dienone is 18. The van der Waals surface area contributed by atoms with Crippen molar-refractivity contribution in [2.45, 2.75) is 129 Å². The zero-order valence-electron chi connectivity index (χ0n) is 33.3. The summed E-state index contributed by atoms with van der Waals surface area (Å²) >= 11 is 0. The number of phosphoric acid groups is 1.